The van der Waals surface area contributed by atoms with Crippen molar-refractivity contribution in [3.8, 4) is 0 Å². The third kappa shape index (κ3) is 3.61. The molecule has 4 heterocycles. The van der Waals surface area contributed by atoms with Crippen LogP contribution in [0.3, 0.4) is 0 Å². The van der Waals surface area contributed by atoms with Crippen molar-refractivity contribution in [1.29, 1.82) is 0 Å². The minimum absolute atomic E-state index is 0.0729. The quantitative estimate of drug-likeness (QED) is 0.840. The van der Waals surface area contributed by atoms with Crippen LogP contribution in [0.15, 0.2) is 36.9 Å². The van der Waals surface area contributed by atoms with Gasteiger partial charge in [0.15, 0.2) is 0 Å². The van der Waals surface area contributed by atoms with Gasteiger partial charge >= 0.3 is 0 Å². The number of amides is 1. The summed E-state index contributed by atoms with van der Waals surface area (Å²) in [5.74, 6) is 2.05. The number of nitrogens with zero attached hydrogens (tertiary/aromatic N) is 6. The van der Waals surface area contributed by atoms with Gasteiger partial charge in [0.2, 0.25) is 0 Å². The van der Waals surface area contributed by atoms with Gasteiger partial charge in [0, 0.05) is 63.3 Å². The second kappa shape index (κ2) is 7.68. The first-order valence-corrected chi connectivity index (χ1v) is 9.32. The van der Waals surface area contributed by atoms with Crippen molar-refractivity contribution in [3.05, 3.63) is 42.5 Å². The predicted octanol–water partition coefficient (Wildman–Crippen LogP) is 1.82. The highest BCUT2D eigenvalue weighted by Gasteiger charge is 2.23. The third-order valence-corrected chi connectivity index (χ3v) is 5.14. The molecule has 0 spiro atoms. The maximum absolute atomic E-state index is 12.6. The van der Waals surface area contributed by atoms with Gasteiger partial charge in [-0.15, -0.1) is 0 Å². The molecule has 136 valence electrons. The Morgan fingerprint density at radius 3 is 2.08 bits per heavy atom. The molecule has 0 aliphatic carbocycles. The van der Waals surface area contributed by atoms with E-state index in [1.807, 2.05) is 4.90 Å². The lowest BCUT2D eigenvalue weighted by molar-refractivity contribution is 0.0746. The molecule has 2 aliphatic heterocycles. The maximum Gasteiger partial charge on any atom is 0.254 e. The topological polar surface area (TPSA) is 65.5 Å². The molecule has 0 N–H and O–H groups in total. The van der Waals surface area contributed by atoms with Gasteiger partial charge in [-0.3, -0.25) is 9.78 Å². The summed E-state index contributed by atoms with van der Waals surface area (Å²) in [6.07, 6.45) is 8.75. The van der Waals surface area contributed by atoms with Crippen molar-refractivity contribution < 1.29 is 4.79 Å². The smallest absolute Gasteiger partial charge is 0.254 e. The van der Waals surface area contributed by atoms with Crippen molar-refractivity contribution in [3.63, 3.8) is 0 Å². The fraction of sp³-hybridized carbons (Fsp3) is 0.474. The molecule has 2 fully saturated rings. The minimum Gasteiger partial charge on any atom is -0.356 e. The van der Waals surface area contributed by atoms with E-state index in [1.54, 1.807) is 30.9 Å². The van der Waals surface area contributed by atoms with E-state index in [9.17, 15) is 4.79 Å². The molecule has 7 nitrogen and oxygen atoms in total. The Kier molecular flexibility index (Phi) is 4.95. The van der Waals surface area contributed by atoms with Gasteiger partial charge < -0.3 is 14.7 Å². The van der Waals surface area contributed by atoms with E-state index in [0.29, 0.717) is 18.7 Å². The molecule has 0 bridgehead atoms. The van der Waals surface area contributed by atoms with Crippen LogP contribution < -0.4 is 9.80 Å². The fourth-order valence-electron chi connectivity index (χ4n) is 3.62. The lowest BCUT2D eigenvalue weighted by atomic mass is 10.1. The Morgan fingerprint density at radius 1 is 0.808 bits per heavy atom. The Morgan fingerprint density at radius 2 is 1.42 bits per heavy atom. The second-order valence-corrected chi connectivity index (χ2v) is 6.80. The van der Waals surface area contributed by atoms with Gasteiger partial charge in [-0.1, -0.05) is 0 Å². The Hall–Kier alpha value is -2.70. The van der Waals surface area contributed by atoms with Crippen molar-refractivity contribution in [2.24, 2.45) is 0 Å². The number of anilines is 2. The lowest BCUT2D eigenvalue weighted by Gasteiger charge is -2.36. The van der Waals surface area contributed by atoms with E-state index in [4.69, 9.17) is 0 Å². The number of piperazine rings is 1. The van der Waals surface area contributed by atoms with Gasteiger partial charge in [0.1, 0.15) is 18.0 Å². The molecule has 2 saturated heterocycles. The Labute approximate surface area is 153 Å². The summed E-state index contributed by atoms with van der Waals surface area (Å²) in [5, 5.41) is 0. The van der Waals surface area contributed by atoms with E-state index in [2.05, 4.69) is 30.8 Å². The molecule has 26 heavy (non-hydrogen) atoms. The van der Waals surface area contributed by atoms with Crippen LogP contribution >= 0.6 is 0 Å². The molecule has 1 amide bonds. The van der Waals surface area contributed by atoms with Crippen LogP contribution in [0.5, 0.6) is 0 Å². The van der Waals surface area contributed by atoms with Crippen LogP contribution in [0.1, 0.15) is 29.6 Å². The normalized spacial score (nSPS) is 18.1. The highest BCUT2D eigenvalue weighted by molar-refractivity contribution is 5.94. The maximum atomic E-state index is 12.6. The average molecular weight is 352 g/mol. The molecule has 2 aliphatic rings. The van der Waals surface area contributed by atoms with Crippen molar-refractivity contribution in [2.45, 2.75) is 19.3 Å². The first-order chi connectivity index (χ1) is 12.8. The number of carbonyl (C=O) groups is 1. The van der Waals surface area contributed by atoms with Gasteiger partial charge in [-0.25, -0.2) is 9.97 Å². The molecule has 0 unspecified atom stereocenters. The number of rotatable bonds is 3. The summed E-state index contributed by atoms with van der Waals surface area (Å²) in [5.41, 5.74) is 0.697. The monoisotopic (exact) mass is 352 g/mol. The molecular weight excluding hydrogens is 328 g/mol. The van der Waals surface area contributed by atoms with Crippen LogP contribution in [-0.4, -0.2) is 65.0 Å². The first kappa shape index (κ1) is 16.8. The summed E-state index contributed by atoms with van der Waals surface area (Å²) in [4.78, 5) is 31.9. The van der Waals surface area contributed by atoms with Crippen LogP contribution in [-0.2, 0) is 0 Å². The lowest BCUT2D eigenvalue weighted by Crippen LogP contribution is -2.49. The number of carbonyl (C=O) groups excluding carboxylic acids is 1. The largest absolute Gasteiger partial charge is 0.356 e. The zero-order valence-electron chi connectivity index (χ0n) is 14.9. The minimum atomic E-state index is 0.0729. The number of hydrogen-bond donors (Lipinski definition) is 0. The van der Waals surface area contributed by atoms with Gasteiger partial charge in [0.25, 0.3) is 5.91 Å². The van der Waals surface area contributed by atoms with Gasteiger partial charge in [0.05, 0.1) is 0 Å². The molecular formula is C19H24N6O. The molecule has 2 aromatic rings. The highest BCUT2D eigenvalue weighted by atomic mass is 16.2. The number of piperidine rings is 1. The van der Waals surface area contributed by atoms with E-state index in [1.165, 1.54) is 19.3 Å². The SMILES string of the molecule is O=C(c1ccncc1)N1CCN(c2cc(N3CCCCC3)ncn2)CC1. The Balaban J connectivity index is 1.39. The van der Waals surface area contributed by atoms with Gasteiger partial charge in [-0.05, 0) is 31.4 Å². The Bertz CT molecular complexity index is 739. The second-order valence-electron chi connectivity index (χ2n) is 6.80. The van der Waals surface area contributed by atoms with E-state index >= 15 is 0 Å². The van der Waals surface area contributed by atoms with Crippen LogP contribution in [0, 0.1) is 0 Å². The fourth-order valence-corrected chi connectivity index (χ4v) is 3.62. The van der Waals surface area contributed by atoms with E-state index in [-0.39, 0.29) is 5.91 Å². The van der Waals surface area contributed by atoms with Crippen molar-refractivity contribution in [2.75, 3.05) is 49.1 Å². The average Bonchev–Trinajstić information content (AvgIpc) is 2.75. The predicted molar refractivity (Wildman–Crippen MR) is 100 cm³/mol. The van der Waals surface area contributed by atoms with Gasteiger partial charge in [-0.2, -0.15) is 0 Å². The molecule has 7 heteroatoms. The van der Waals surface area contributed by atoms with Crippen LogP contribution in [0.2, 0.25) is 0 Å². The summed E-state index contributed by atoms with van der Waals surface area (Å²) in [6.45, 7) is 5.12. The molecule has 4 rings (SSSR count). The van der Waals surface area contributed by atoms with Crippen molar-refractivity contribution >= 4 is 17.5 Å². The zero-order chi connectivity index (χ0) is 17.8. The molecule has 0 aromatic carbocycles. The number of aromatic nitrogens is 3. The zero-order valence-corrected chi connectivity index (χ0v) is 14.9. The highest BCUT2D eigenvalue weighted by Crippen LogP contribution is 2.22. The third-order valence-electron chi connectivity index (χ3n) is 5.14. The first-order valence-electron chi connectivity index (χ1n) is 9.32. The standard InChI is InChI=1S/C19H24N6O/c26-19(16-4-6-20-7-5-16)25-12-10-24(11-13-25)18-14-17(21-15-22-18)23-8-2-1-3-9-23/h4-7,14-15H,1-3,8-13H2. The molecule has 0 saturated carbocycles. The van der Waals surface area contributed by atoms with E-state index < -0.39 is 0 Å². The van der Waals surface area contributed by atoms with Crippen LogP contribution in [0.25, 0.3) is 0 Å². The summed E-state index contributed by atoms with van der Waals surface area (Å²) in [7, 11) is 0. The number of pyridine rings is 1. The summed E-state index contributed by atoms with van der Waals surface area (Å²) < 4.78 is 0. The molecule has 0 radical (unpaired) electrons. The molecule has 0 atom stereocenters. The summed E-state index contributed by atoms with van der Waals surface area (Å²) in [6, 6.07) is 5.62. The number of hydrogen-bond acceptors (Lipinski definition) is 6. The summed E-state index contributed by atoms with van der Waals surface area (Å²) >= 11 is 0. The van der Waals surface area contributed by atoms with Crippen LogP contribution in [0.4, 0.5) is 11.6 Å². The van der Waals surface area contributed by atoms with Crippen molar-refractivity contribution in [1.82, 2.24) is 19.9 Å². The van der Waals surface area contributed by atoms with E-state index in [0.717, 1.165) is 37.8 Å². The molecule has 2 aromatic heterocycles.